The summed E-state index contributed by atoms with van der Waals surface area (Å²) in [7, 11) is -3.36. The Morgan fingerprint density at radius 1 is 1.44 bits per heavy atom. The first-order valence-corrected chi connectivity index (χ1v) is 7.63. The summed E-state index contributed by atoms with van der Waals surface area (Å²) >= 11 is 1.46. The molecule has 1 aromatic rings. The molecule has 6 heteroatoms. The molecule has 1 rings (SSSR count). The first kappa shape index (κ1) is 13.6. The first-order chi connectivity index (χ1) is 7.47. The van der Waals surface area contributed by atoms with Gasteiger partial charge in [-0.05, 0) is 31.8 Å². The van der Waals surface area contributed by atoms with E-state index in [2.05, 4.69) is 10.0 Å². The highest BCUT2D eigenvalue weighted by Gasteiger charge is 2.19. The largest absolute Gasteiger partial charge is 0.312 e. The third-order valence-corrected chi connectivity index (χ3v) is 4.71. The van der Waals surface area contributed by atoms with Crippen LogP contribution in [-0.4, -0.2) is 21.0 Å². The van der Waals surface area contributed by atoms with Crippen molar-refractivity contribution in [1.29, 1.82) is 0 Å². The zero-order chi connectivity index (χ0) is 12.2. The molecule has 0 saturated carbocycles. The Labute approximate surface area is 101 Å². The number of rotatable bonds is 6. The lowest BCUT2D eigenvalue weighted by Gasteiger charge is -2.10. The predicted molar refractivity (Wildman–Crippen MR) is 67.2 cm³/mol. The highest BCUT2D eigenvalue weighted by atomic mass is 32.2. The molecule has 0 aliphatic heterocycles. The summed E-state index contributed by atoms with van der Waals surface area (Å²) in [5, 5.41) is 4.94. The lowest BCUT2D eigenvalue weighted by molar-refractivity contribution is 0.568. The van der Waals surface area contributed by atoms with Gasteiger partial charge < -0.3 is 5.32 Å². The van der Waals surface area contributed by atoms with Crippen LogP contribution < -0.4 is 10.0 Å². The number of nitrogens with one attached hydrogen (secondary N) is 2. The van der Waals surface area contributed by atoms with Crippen LogP contribution in [-0.2, 0) is 16.6 Å². The molecule has 4 nitrogen and oxygen atoms in total. The second-order valence-electron chi connectivity index (χ2n) is 3.76. The second kappa shape index (κ2) is 5.77. The molecule has 1 heterocycles. The zero-order valence-electron chi connectivity index (χ0n) is 9.78. The van der Waals surface area contributed by atoms with Gasteiger partial charge in [-0.3, -0.25) is 0 Å². The molecule has 0 saturated heterocycles. The second-order valence-corrected chi connectivity index (χ2v) is 6.45. The Balaban J connectivity index is 2.90. The van der Waals surface area contributed by atoms with Gasteiger partial charge in [0.05, 0.1) is 4.90 Å². The van der Waals surface area contributed by atoms with Crippen molar-refractivity contribution in [1.82, 2.24) is 10.0 Å². The maximum absolute atomic E-state index is 12.0. The van der Waals surface area contributed by atoms with Crippen molar-refractivity contribution in [3.8, 4) is 0 Å². The Bertz CT molecular complexity index is 424. The van der Waals surface area contributed by atoms with Gasteiger partial charge in [0.15, 0.2) is 0 Å². The monoisotopic (exact) mass is 262 g/mol. The zero-order valence-corrected chi connectivity index (χ0v) is 11.4. The standard InChI is InChI=1S/C10H18N2O2S2/c1-4-11-7-9-10(5-6-15-9)16(13,14)12-8(2)3/h5-6,8,11-12H,4,7H2,1-3H3. The van der Waals surface area contributed by atoms with Crippen LogP contribution in [0.2, 0.25) is 0 Å². The Kier molecular flexibility index (Phi) is 4.91. The van der Waals surface area contributed by atoms with Crippen LogP contribution in [0.25, 0.3) is 0 Å². The van der Waals surface area contributed by atoms with E-state index >= 15 is 0 Å². The molecule has 0 amide bonds. The van der Waals surface area contributed by atoms with Crippen LogP contribution in [0, 0.1) is 0 Å². The number of hydrogen-bond acceptors (Lipinski definition) is 4. The van der Waals surface area contributed by atoms with Gasteiger partial charge >= 0.3 is 0 Å². The van der Waals surface area contributed by atoms with Gasteiger partial charge in [0.1, 0.15) is 0 Å². The summed E-state index contributed by atoms with van der Waals surface area (Å²) in [6, 6.07) is 1.57. The highest BCUT2D eigenvalue weighted by Crippen LogP contribution is 2.21. The molecule has 92 valence electrons. The SMILES string of the molecule is CCNCc1sccc1S(=O)(=O)NC(C)C. The minimum Gasteiger partial charge on any atom is -0.312 e. The third kappa shape index (κ3) is 3.55. The number of thiophene rings is 1. The van der Waals surface area contributed by atoms with E-state index in [0.29, 0.717) is 11.4 Å². The van der Waals surface area contributed by atoms with Crippen molar-refractivity contribution in [2.45, 2.75) is 38.3 Å². The average molecular weight is 262 g/mol. The van der Waals surface area contributed by atoms with Crippen LogP contribution in [0.1, 0.15) is 25.6 Å². The maximum atomic E-state index is 12.0. The van der Waals surface area contributed by atoms with E-state index in [1.165, 1.54) is 11.3 Å². The summed E-state index contributed by atoms with van der Waals surface area (Å²) in [4.78, 5) is 1.25. The van der Waals surface area contributed by atoms with Crippen LogP contribution in [0.4, 0.5) is 0 Å². The van der Waals surface area contributed by atoms with Crippen LogP contribution in [0.3, 0.4) is 0 Å². The van der Waals surface area contributed by atoms with Gasteiger partial charge in [0.2, 0.25) is 10.0 Å². The van der Waals surface area contributed by atoms with E-state index in [0.717, 1.165) is 11.4 Å². The first-order valence-electron chi connectivity index (χ1n) is 5.26. The van der Waals surface area contributed by atoms with Crippen molar-refractivity contribution in [2.75, 3.05) is 6.54 Å². The molecule has 0 radical (unpaired) electrons. The van der Waals surface area contributed by atoms with Crippen LogP contribution >= 0.6 is 11.3 Å². The fourth-order valence-corrected chi connectivity index (χ4v) is 3.97. The smallest absolute Gasteiger partial charge is 0.241 e. The summed E-state index contributed by atoms with van der Waals surface area (Å²) in [6.45, 7) is 7.05. The molecule has 0 atom stereocenters. The van der Waals surface area contributed by atoms with E-state index < -0.39 is 10.0 Å². The Hall–Kier alpha value is -0.430. The summed E-state index contributed by atoms with van der Waals surface area (Å²) in [5.74, 6) is 0. The Morgan fingerprint density at radius 2 is 2.12 bits per heavy atom. The molecule has 0 aliphatic carbocycles. The van der Waals surface area contributed by atoms with E-state index in [9.17, 15) is 8.42 Å². The van der Waals surface area contributed by atoms with E-state index in [-0.39, 0.29) is 6.04 Å². The van der Waals surface area contributed by atoms with Gasteiger partial charge in [0, 0.05) is 17.5 Å². The summed E-state index contributed by atoms with van der Waals surface area (Å²) < 4.78 is 26.5. The lowest BCUT2D eigenvalue weighted by atomic mass is 10.4. The molecule has 0 aliphatic rings. The average Bonchev–Trinajstić information content (AvgIpc) is 2.61. The van der Waals surface area contributed by atoms with E-state index in [1.54, 1.807) is 6.07 Å². The lowest BCUT2D eigenvalue weighted by Crippen LogP contribution is -2.30. The molecule has 0 bridgehead atoms. The van der Waals surface area contributed by atoms with Gasteiger partial charge in [-0.2, -0.15) is 0 Å². The van der Waals surface area contributed by atoms with Crippen molar-refractivity contribution >= 4 is 21.4 Å². The topological polar surface area (TPSA) is 58.2 Å². The summed E-state index contributed by atoms with van der Waals surface area (Å²) in [6.07, 6.45) is 0. The molecule has 0 aromatic carbocycles. The van der Waals surface area contributed by atoms with Gasteiger partial charge in [-0.1, -0.05) is 6.92 Å². The predicted octanol–water partition coefficient (Wildman–Crippen LogP) is 1.54. The van der Waals surface area contributed by atoms with Gasteiger partial charge in [0.25, 0.3) is 0 Å². The van der Waals surface area contributed by atoms with Crippen LogP contribution in [0.5, 0.6) is 0 Å². The van der Waals surface area contributed by atoms with E-state index in [1.807, 2.05) is 26.2 Å². The quantitative estimate of drug-likeness (QED) is 0.817. The van der Waals surface area contributed by atoms with Gasteiger partial charge in [-0.15, -0.1) is 11.3 Å². The molecular formula is C10H18N2O2S2. The number of sulfonamides is 1. The molecule has 2 N–H and O–H groups in total. The van der Waals surface area contributed by atoms with Crippen molar-refractivity contribution in [2.24, 2.45) is 0 Å². The van der Waals surface area contributed by atoms with Crippen LogP contribution in [0.15, 0.2) is 16.3 Å². The highest BCUT2D eigenvalue weighted by molar-refractivity contribution is 7.89. The Morgan fingerprint density at radius 3 is 2.69 bits per heavy atom. The summed E-state index contributed by atoms with van der Waals surface area (Å²) in [5.41, 5.74) is 0. The van der Waals surface area contributed by atoms with Crippen molar-refractivity contribution < 1.29 is 8.42 Å². The van der Waals surface area contributed by atoms with E-state index in [4.69, 9.17) is 0 Å². The van der Waals surface area contributed by atoms with Crippen molar-refractivity contribution in [3.05, 3.63) is 16.3 Å². The molecule has 0 unspecified atom stereocenters. The molecule has 1 aromatic heterocycles. The number of hydrogen-bond donors (Lipinski definition) is 2. The minimum atomic E-state index is -3.36. The maximum Gasteiger partial charge on any atom is 0.241 e. The van der Waals surface area contributed by atoms with Gasteiger partial charge in [-0.25, -0.2) is 13.1 Å². The third-order valence-electron chi connectivity index (χ3n) is 1.92. The fourth-order valence-electron chi connectivity index (χ4n) is 1.31. The fraction of sp³-hybridized carbons (Fsp3) is 0.600. The molecular weight excluding hydrogens is 244 g/mol. The molecule has 16 heavy (non-hydrogen) atoms. The molecule has 0 spiro atoms. The molecule has 0 fully saturated rings. The minimum absolute atomic E-state index is 0.0862. The van der Waals surface area contributed by atoms with Crippen molar-refractivity contribution in [3.63, 3.8) is 0 Å². The normalized spacial score (nSPS) is 12.2.